The number of carbonyl (C=O) groups is 1. The van der Waals surface area contributed by atoms with Gasteiger partial charge in [0.05, 0.1) is 0 Å². The summed E-state index contributed by atoms with van der Waals surface area (Å²) in [5.74, 6) is -0.322. The molecule has 0 atom stereocenters. The zero-order chi connectivity index (χ0) is 18.3. The lowest BCUT2D eigenvalue weighted by atomic mass is 10.1. The molecule has 0 amide bonds. The Bertz CT molecular complexity index is 1270. The molecule has 1 aliphatic rings. The average molecular weight is 345 g/mol. The van der Waals surface area contributed by atoms with Gasteiger partial charge in [0.1, 0.15) is 16.4 Å². The van der Waals surface area contributed by atoms with E-state index in [0.717, 1.165) is 11.1 Å². The lowest BCUT2D eigenvalue weighted by molar-refractivity contribution is 0.105. The summed E-state index contributed by atoms with van der Waals surface area (Å²) in [5, 5.41) is 2.97. The van der Waals surface area contributed by atoms with Crippen LogP contribution in [0, 0.1) is 6.92 Å². The second-order valence-electron chi connectivity index (χ2n) is 6.13. The molecule has 0 aliphatic carbocycles. The number of benzene rings is 2. The zero-order valence-corrected chi connectivity index (χ0v) is 13.9. The van der Waals surface area contributed by atoms with Crippen LogP contribution in [0.1, 0.15) is 21.5 Å². The van der Waals surface area contributed by atoms with Gasteiger partial charge < -0.3 is 15.3 Å². The van der Waals surface area contributed by atoms with E-state index in [1.165, 1.54) is 0 Å². The predicted octanol–water partition coefficient (Wildman–Crippen LogP) is 0.617. The number of para-hydroxylation sites is 1. The molecule has 0 unspecified atom stereocenters. The number of nitrogens with one attached hydrogen (secondary N) is 3. The highest BCUT2D eigenvalue weighted by molar-refractivity contribution is 6.33. The van der Waals surface area contributed by atoms with Crippen molar-refractivity contribution < 1.29 is 4.79 Å². The summed E-state index contributed by atoms with van der Waals surface area (Å²) in [5.41, 5.74) is 2.04. The Morgan fingerprint density at radius 3 is 2.31 bits per heavy atom. The minimum absolute atomic E-state index is 0.0720. The third-order valence-electron chi connectivity index (χ3n) is 4.26. The smallest absolute Gasteiger partial charge is 0.274 e. The van der Waals surface area contributed by atoms with E-state index in [2.05, 4.69) is 15.3 Å². The van der Waals surface area contributed by atoms with Crippen LogP contribution >= 0.6 is 0 Å². The number of aromatic amines is 2. The lowest BCUT2D eigenvalue weighted by Crippen LogP contribution is -2.48. The molecule has 2 heterocycles. The first-order chi connectivity index (χ1) is 12.5. The Kier molecular flexibility index (Phi) is 3.65. The Labute approximate surface area is 147 Å². The largest absolute Gasteiger partial charge is 0.350 e. The molecule has 3 N–H and O–H groups in total. The van der Waals surface area contributed by atoms with Gasteiger partial charge in [0, 0.05) is 11.3 Å². The second kappa shape index (κ2) is 6.00. The number of Topliss-reactive ketones (excluding diaryl/α,β-unsaturated/α-hetero) is 1. The molecule has 1 aromatic heterocycles. The van der Waals surface area contributed by atoms with Gasteiger partial charge in [-0.15, -0.1) is 0 Å². The van der Waals surface area contributed by atoms with Crippen LogP contribution < -0.4 is 27.1 Å². The number of aryl methyl sites for hydroxylation is 1. The quantitative estimate of drug-likeness (QED) is 0.602. The fourth-order valence-electron chi connectivity index (χ4n) is 2.88. The Morgan fingerprint density at radius 1 is 0.846 bits per heavy atom. The van der Waals surface area contributed by atoms with Crippen LogP contribution in [0.4, 0.5) is 5.69 Å². The van der Waals surface area contributed by atoms with Crippen LogP contribution in [-0.4, -0.2) is 15.8 Å². The van der Waals surface area contributed by atoms with E-state index in [0.29, 0.717) is 11.3 Å². The molecule has 6 heteroatoms. The van der Waals surface area contributed by atoms with E-state index in [-0.39, 0.29) is 22.2 Å². The number of anilines is 1. The van der Waals surface area contributed by atoms with Gasteiger partial charge in [-0.3, -0.25) is 14.4 Å². The monoisotopic (exact) mass is 345 g/mol. The fraction of sp³-hybridized carbons (Fsp3) is 0.0500. The normalized spacial score (nSPS) is 15.7. The van der Waals surface area contributed by atoms with E-state index in [1.54, 1.807) is 30.3 Å². The third kappa shape index (κ3) is 2.67. The van der Waals surface area contributed by atoms with Crippen molar-refractivity contribution in [2.75, 3.05) is 5.32 Å². The number of H-pyrrole nitrogens is 2. The van der Waals surface area contributed by atoms with Gasteiger partial charge in [-0.2, -0.15) is 0 Å². The third-order valence-corrected chi connectivity index (χ3v) is 4.26. The highest BCUT2D eigenvalue weighted by atomic mass is 16.1. The molecule has 26 heavy (non-hydrogen) atoms. The summed E-state index contributed by atoms with van der Waals surface area (Å²) < 4.78 is 0. The standard InChI is InChI=1S/C20H15N3O3/c1-11-6-8-12(9-7-11)10-15-19(25)23-17(20(26)22-15)16-18(24)13-4-2-3-5-14(13)21-16/h2-10,21H,1H3,(H,22,26)(H,23,25)/b15-10+,17-16+. The fourth-order valence-corrected chi connectivity index (χ4v) is 2.88. The maximum Gasteiger partial charge on any atom is 0.274 e. The first kappa shape index (κ1) is 15.8. The molecule has 0 saturated heterocycles. The van der Waals surface area contributed by atoms with Gasteiger partial charge >= 0.3 is 0 Å². The van der Waals surface area contributed by atoms with Crippen LogP contribution in [0.3, 0.4) is 0 Å². The maximum atomic E-state index is 12.5. The van der Waals surface area contributed by atoms with Gasteiger partial charge in [-0.05, 0) is 30.7 Å². The van der Waals surface area contributed by atoms with Crippen molar-refractivity contribution in [3.05, 3.63) is 96.6 Å². The minimum Gasteiger partial charge on any atom is -0.350 e. The number of rotatable bonds is 1. The molecule has 1 aliphatic heterocycles. The Balaban J connectivity index is 1.89. The summed E-state index contributed by atoms with van der Waals surface area (Å²) in [6, 6.07) is 14.5. The average Bonchev–Trinajstić information content (AvgIpc) is 2.97. The molecule has 6 nitrogen and oxygen atoms in total. The number of carbonyl (C=O) groups excluding carboxylic acids is 1. The molecule has 0 spiro atoms. The van der Waals surface area contributed by atoms with E-state index in [1.807, 2.05) is 31.2 Å². The van der Waals surface area contributed by atoms with Crippen molar-refractivity contribution >= 4 is 23.2 Å². The second-order valence-corrected chi connectivity index (χ2v) is 6.13. The molecule has 3 aromatic rings. The number of hydrogen-bond donors (Lipinski definition) is 3. The molecular formula is C20H15N3O3. The van der Waals surface area contributed by atoms with Gasteiger partial charge in [0.2, 0.25) is 5.78 Å². The minimum atomic E-state index is -0.536. The van der Waals surface area contributed by atoms with Crippen LogP contribution in [0.5, 0.6) is 0 Å². The summed E-state index contributed by atoms with van der Waals surface area (Å²) in [4.78, 5) is 42.4. The lowest BCUT2D eigenvalue weighted by Gasteiger charge is -1.98. The summed E-state index contributed by atoms with van der Waals surface area (Å²) >= 11 is 0. The number of hydrogen-bond acceptors (Lipinski definition) is 4. The first-order valence-electron chi connectivity index (χ1n) is 8.09. The van der Waals surface area contributed by atoms with Crippen molar-refractivity contribution in [3.63, 3.8) is 0 Å². The maximum absolute atomic E-state index is 12.5. The van der Waals surface area contributed by atoms with Crippen molar-refractivity contribution in [3.8, 4) is 0 Å². The van der Waals surface area contributed by atoms with Gasteiger partial charge in [0.25, 0.3) is 11.1 Å². The predicted molar refractivity (Wildman–Crippen MR) is 99.5 cm³/mol. The van der Waals surface area contributed by atoms with Crippen LogP contribution in [-0.2, 0) is 0 Å². The van der Waals surface area contributed by atoms with Gasteiger partial charge in [-0.25, -0.2) is 0 Å². The van der Waals surface area contributed by atoms with E-state index >= 15 is 0 Å². The van der Waals surface area contributed by atoms with Crippen molar-refractivity contribution in [1.29, 1.82) is 0 Å². The Morgan fingerprint density at radius 2 is 1.58 bits per heavy atom. The molecule has 0 bridgehead atoms. The van der Waals surface area contributed by atoms with E-state index < -0.39 is 11.1 Å². The summed E-state index contributed by atoms with van der Waals surface area (Å²) in [7, 11) is 0. The number of fused-ring (bicyclic) bond motifs is 1. The number of aromatic nitrogens is 2. The summed E-state index contributed by atoms with van der Waals surface area (Å²) in [6.45, 7) is 1.97. The van der Waals surface area contributed by atoms with Gasteiger partial charge in [0.15, 0.2) is 0 Å². The highest BCUT2D eigenvalue weighted by Gasteiger charge is 2.25. The van der Waals surface area contributed by atoms with Crippen LogP contribution in [0.15, 0.2) is 58.1 Å². The topological polar surface area (TPSA) is 94.8 Å². The van der Waals surface area contributed by atoms with Gasteiger partial charge in [-0.1, -0.05) is 42.0 Å². The van der Waals surface area contributed by atoms with E-state index in [9.17, 15) is 14.4 Å². The molecule has 0 radical (unpaired) electrons. The highest BCUT2D eigenvalue weighted by Crippen LogP contribution is 2.26. The molecule has 4 rings (SSSR count). The summed E-state index contributed by atoms with van der Waals surface area (Å²) in [6.07, 6.45) is 1.59. The molecule has 0 fully saturated rings. The SMILES string of the molecule is Cc1ccc(/C=c2/[nH]c(=O)/c(=C3\Nc4ccccc4C3=O)[nH]c2=O)cc1. The molecular weight excluding hydrogens is 330 g/mol. The van der Waals surface area contributed by atoms with E-state index in [4.69, 9.17) is 0 Å². The van der Waals surface area contributed by atoms with Crippen LogP contribution in [0.25, 0.3) is 11.8 Å². The van der Waals surface area contributed by atoms with Crippen molar-refractivity contribution in [1.82, 2.24) is 9.97 Å². The molecule has 128 valence electrons. The zero-order valence-electron chi connectivity index (χ0n) is 13.9. The molecule has 0 saturated carbocycles. The molecule has 2 aromatic carbocycles. The Hall–Kier alpha value is -3.67. The van der Waals surface area contributed by atoms with Crippen molar-refractivity contribution in [2.45, 2.75) is 6.92 Å². The van der Waals surface area contributed by atoms with Crippen LogP contribution in [0.2, 0.25) is 0 Å². The van der Waals surface area contributed by atoms with Crippen molar-refractivity contribution in [2.24, 2.45) is 0 Å². The number of ketones is 1. The first-order valence-corrected chi connectivity index (χ1v) is 8.09.